The first-order valence-corrected chi connectivity index (χ1v) is 6.81. The predicted molar refractivity (Wildman–Crippen MR) is 72.5 cm³/mol. The van der Waals surface area contributed by atoms with Crippen LogP contribution in [0.25, 0.3) is 0 Å². The van der Waals surface area contributed by atoms with E-state index in [9.17, 15) is 13.2 Å². The van der Waals surface area contributed by atoms with Gasteiger partial charge in [0, 0.05) is 11.7 Å². The van der Waals surface area contributed by atoms with Crippen molar-refractivity contribution in [2.24, 2.45) is 5.41 Å². The van der Waals surface area contributed by atoms with E-state index in [1.165, 1.54) is 0 Å². The summed E-state index contributed by atoms with van der Waals surface area (Å²) in [6.45, 7) is 7.90. The minimum absolute atomic E-state index is 0. The zero-order valence-corrected chi connectivity index (χ0v) is 11.9. The van der Waals surface area contributed by atoms with Crippen molar-refractivity contribution in [3.63, 3.8) is 0 Å². The summed E-state index contributed by atoms with van der Waals surface area (Å²) in [6.07, 6.45) is -2.92. The minimum atomic E-state index is -4.05. The van der Waals surface area contributed by atoms with Crippen LogP contribution in [0.1, 0.15) is 60.8 Å². The van der Waals surface area contributed by atoms with E-state index in [0.29, 0.717) is 19.3 Å². The van der Waals surface area contributed by atoms with Crippen molar-refractivity contribution >= 4 is 7.12 Å². The molecule has 1 saturated heterocycles. The Balaban J connectivity index is 0.00000147. The van der Waals surface area contributed by atoms with Crippen LogP contribution in [0.2, 0.25) is 5.31 Å². The van der Waals surface area contributed by atoms with E-state index in [2.05, 4.69) is 0 Å². The highest BCUT2D eigenvalue weighted by molar-refractivity contribution is 6.51. The number of rotatable bonds is 2. The summed E-state index contributed by atoms with van der Waals surface area (Å²) >= 11 is 0. The molecule has 6 heteroatoms. The molecule has 0 aromatic heterocycles. The fraction of sp³-hybridized carbons (Fsp3) is 1.00. The van der Waals surface area contributed by atoms with E-state index >= 15 is 0 Å². The molecule has 116 valence electrons. The third-order valence-corrected chi connectivity index (χ3v) is 5.51. The van der Waals surface area contributed by atoms with Crippen LogP contribution in [0.3, 0.4) is 0 Å². The van der Waals surface area contributed by atoms with E-state index in [1.54, 1.807) is 0 Å². The van der Waals surface area contributed by atoms with Crippen LogP contribution in [0, 0.1) is 5.41 Å². The van der Waals surface area contributed by atoms with Crippen molar-refractivity contribution in [3.8, 4) is 0 Å². The van der Waals surface area contributed by atoms with Crippen molar-refractivity contribution in [2.75, 3.05) is 0 Å². The quantitative estimate of drug-likeness (QED) is 0.693. The summed E-state index contributed by atoms with van der Waals surface area (Å²) in [5, 5.41) is -0.156. The van der Waals surface area contributed by atoms with Gasteiger partial charge in [-0.05, 0) is 52.4 Å². The molecule has 0 N–H and O–H groups in total. The van der Waals surface area contributed by atoms with Gasteiger partial charge in [0.05, 0.1) is 11.2 Å². The summed E-state index contributed by atoms with van der Waals surface area (Å²) in [5.41, 5.74) is -1.31. The van der Waals surface area contributed by atoms with Gasteiger partial charge >= 0.3 is 13.3 Å². The molecule has 1 heterocycles. The van der Waals surface area contributed by atoms with E-state index in [1.807, 2.05) is 27.7 Å². The number of alkyl halides is 3. The number of halogens is 3. The van der Waals surface area contributed by atoms with Gasteiger partial charge in [-0.3, -0.25) is 0 Å². The number of hydrogen-bond acceptors (Lipinski definition) is 2. The average molecular weight is 292 g/mol. The summed E-state index contributed by atoms with van der Waals surface area (Å²) in [4.78, 5) is 0. The molecule has 0 spiro atoms. The topological polar surface area (TPSA) is 18.5 Å². The Morgan fingerprint density at radius 3 is 1.70 bits per heavy atom. The predicted octanol–water partition coefficient (Wildman–Crippen LogP) is 4.59. The molecule has 2 nitrogen and oxygen atoms in total. The van der Waals surface area contributed by atoms with Gasteiger partial charge in [-0.15, -0.1) is 0 Å². The standard InChI is InChI=1S/C13H20BF3O2.CH4/c1-9(2)10(3,4)19-14(18-9)12-5-11(6-12,7-12)8-13(15,16)17;/h5-8H2,1-4H3;1H4. The van der Waals surface area contributed by atoms with E-state index in [4.69, 9.17) is 9.31 Å². The Kier molecular flexibility index (Phi) is 3.19. The Hall–Kier alpha value is -0.225. The Morgan fingerprint density at radius 2 is 1.35 bits per heavy atom. The third-order valence-electron chi connectivity index (χ3n) is 5.51. The fourth-order valence-corrected chi connectivity index (χ4v) is 4.04. The van der Waals surface area contributed by atoms with Crippen LogP contribution in [0.5, 0.6) is 0 Å². The van der Waals surface area contributed by atoms with Gasteiger partial charge in [0.2, 0.25) is 0 Å². The average Bonchev–Trinajstić information content (AvgIpc) is 2.24. The Labute approximate surface area is 119 Å². The molecule has 0 aromatic rings. The van der Waals surface area contributed by atoms with Crippen LogP contribution in [-0.4, -0.2) is 24.5 Å². The molecule has 0 aromatic carbocycles. The SMILES string of the molecule is C.CC1(C)OB(C23CC(CC(F)(F)F)(C2)C3)OC1(C)C. The molecule has 1 aliphatic heterocycles. The summed E-state index contributed by atoms with van der Waals surface area (Å²) < 4.78 is 49.4. The monoisotopic (exact) mass is 292 g/mol. The van der Waals surface area contributed by atoms with Crippen LogP contribution in [0.4, 0.5) is 13.2 Å². The molecular weight excluding hydrogens is 268 g/mol. The van der Waals surface area contributed by atoms with Crippen LogP contribution in [-0.2, 0) is 9.31 Å². The maximum absolute atomic E-state index is 12.5. The van der Waals surface area contributed by atoms with Crippen molar-refractivity contribution in [2.45, 2.75) is 83.5 Å². The van der Waals surface area contributed by atoms with Gasteiger partial charge in [-0.25, -0.2) is 0 Å². The molecule has 4 rings (SSSR count). The van der Waals surface area contributed by atoms with Crippen molar-refractivity contribution in [1.82, 2.24) is 0 Å². The molecule has 0 radical (unpaired) electrons. The molecular formula is C14H24BF3O2. The zero-order chi connectivity index (χ0) is 14.3. The summed E-state index contributed by atoms with van der Waals surface area (Å²) in [5.74, 6) is 0. The van der Waals surface area contributed by atoms with E-state index in [0.717, 1.165) is 0 Å². The second kappa shape index (κ2) is 3.95. The molecule has 3 saturated carbocycles. The first-order chi connectivity index (χ1) is 8.39. The fourth-order valence-electron chi connectivity index (χ4n) is 4.04. The van der Waals surface area contributed by atoms with Gasteiger partial charge in [0.1, 0.15) is 0 Å². The van der Waals surface area contributed by atoms with Gasteiger partial charge in [-0.1, -0.05) is 7.43 Å². The van der Waals surface area contributed by atoms with Crippen molar-refractivity contribution in [3.05, 3.63) is 0 Å². The van der Waals surface area contributed by atoms with Crippen LogP contribution >= 0.6 is 0 Å². The van der Waals surface area contributed by atoms with Gasteiger partial charge < -0.3 is 9.31 Å². The van der Waals surface area contributed by atoms with E-state index < -0.39 is 29.2 Å². The Morgan fingerprint density at radius 1 is 0.950 bits per heavy atom. The maximum Gasteiger partial charge on any atom is 0.464 e. The largest absolute Gasteiger partial charge is 0.464 e. The van der Waals surface area contributed by atoms with Crippen LogP contribution in [0.15, 0.2) is 0 Å². The lowest BCUT2D eigenvalue weighted by molar-refractivity contribution is -0.219. The minimum Gasteiger partial charge on any atom is -0.403 e. The second-order valence-corrected chi connectivity index (χ2v) is 7.77. The normalized spacial score (nSPS) is 40.6. The third kappa shape index (κ3) is 2.10. The lowest BCUT2D eigenvalue weighted by Crippen LogP contribution is -2.65. The lowest BCUT2D eigenvalue weighted by atomic mass is 9.23. The molecule has 0 unspecified atom stereocenters. The summed E-state index contributed by atoms with van der Waals surface area (Å²) in [7, 11) is -0.340. The molecule has 20 heavy (non-hydrogen) atoms. The first kappa shape index (κ1) is 16.2. The molecule has 2 bridgehead atoms. The Bertz CT molecular complexity index is 381. The molecule has 3 aliphatic carbocycles. The highest BCUT2D eigenvalue weighted by atomic mass is 19.4. The molecule has 0 amide bonds. The van der Waals surface area contributed by atoms with Crippen molar-refractivity contribution < 1.29 is 22.5 Å². The first-order valence-electron chi connectivity index (χ1n) is 6.81. The van der Waals surface area contributed by atoms with Crippen molar-refractivity contribution in [1.29, 1.82) is 0 Å². The highest BCUT2D eigenvalue weighted by Gasteiger charge is 2.77. The van der Waals surface area contributed by atoms with E-state index in [-0.39, 0.29) is 19.9 Å². The number of hydrogen-bond donors (Lipinski definition) is 0. The molecule has 0 atom stereocenters. The second-order valence-electron chi connectivity index (χ2n) is 7.77. The summed E-state index contributed by atoms with van der Waals surface area (Å²) in [6, 6.07) is 0. The maximum atomic E-state index is 12.5. The highest BCUT2D eigenvalue weighted by Crippen LogP contribution is 2.82. The lowest BCUT2D eigenvalue weighted by Gasteiger charge is -2.71. The molecule has 4 aliphatic rings. The zero-order valence-electron chi connectivity index (χ0n) is 11.9. The van der Waals surface area contributed by atoms with Gasteiger partial charge in [0.15, 0.2) is 0 Å². The van der Waals surface area contributed by atoms with Crippen LogP contribution < -0.4 is 0 Å². The smallest absolute Gasteiger partial charge is 0.403 e. The van der Waals surface area contributed by atoms with Gasteiger partial charge in [-0.2, -0.15) is 13.2 Å². The van der Waals surface area contributed by atoms with Gasteiger partial charge in [0.25, 0.3) is 0 Å². The molecule has 4 fully saturated rings.